The zero-order chi connectivity index (χ0) is 22.6. The van der Waals surface area contributed by atoms with Crippen molar-refractivity contribution in [3.8, 4) is 0 Å². The van der Waals surface area contributed by atoms with Crippen molar-refractivity contribution >= 4 is 30.8 Å². The van der Waals surface area contributed by atoms with Gasteiger partial charge in [-0.1, -0.05) is 12.8 Å². The fraction of sp³-hybridized carbons (Fsp3) is 0.688. The molecule has 0 bridgehead atoms. The highest BCUT2D eigenvalue weighted by molar-refractivity contribution is 7.46. The average Bonchev–Trinajstić information content (AvgIpc) is 3.21. The summed E-state index contributed by atoms with van der Waals surface area (Å²) in [6, 6.07) is 0. The number of rotatable bonds is 11. The third-order valence-electron chi connectivity index (χ3n) is 4.92. The van der Waals surface area contributed by atoms with Gasteiger partial charge in [-0.15, -0.1) is 0 Å². The van der Waals surface area contributed by atoms with Crippen molar-refractivity contribution < 1.29 is 33.8 Å². The number of aliphatic hydroxyl groups is 2. The van der Waals surface area contributed by atoms with Crippen LogP contribution in [0.25, 0.3) is 11.2 Å². The fourth-order valence-corrected chi connectivity index (χ4v) is 3.71. The van der Waals surface area contributed by atoms with Crippen molar-refractivity contribution in [1.29, 1.82) is 0 Å². The van der Waals surface area contributed by atoms with Gasteiger partial charge >= 0.3 is 7.82 Å². The molecule has 1 aliphatic rings. The molecule has 0 unspecified atom stereocenters. The Morgan fingerprint density at radius 1 is 1.19 bits per heavy atom. The summed E-state index contributed by atoms with van der Waals surface area (Å²) in [7, 11) is -4.78. The van der Waals surface area contributed by atoms with Crippen LogP contribution in [0.4, 0.5) is 11.8 Å². The van der Waals surface area contributed by atoms with Gasteiger partial charge in [0, 0.05) is 6.54 Å². The monoisotopic (exact) mass is 461 g/mol. The Morgan fingerprint density at radius 3 is 2.65 bits per heavy atom. The Labute approximate surface area is 177 Å². The van der Waals surface area contributed by atoms with Crippen LogP contribution in [-0.2, 0) is 13.8 Å². The molecule has 0 saturated carbocycles. The first kappa shape index (κ1) is 23.8. The third kappa shape index (κ3) is 5.67. The first-order valence-electron chi connectivity index (χ1n) is 9.87. The predicted molar refractivity (Wildman–Crippen MR) is 110 cm³/mol. The van der Waals surface area contributed by atoms with Gasteiger partial charge in [-0.2, -0.15) is 0 Å². The van der Waals surface area contributed by atoms with Crippen molar-refractivity contribution in [2.45, 2.75) is 50.2 Å². The number of ether oxygens (including phenoxy) is 1. The minimum absolute atomic E-state index is 0.129. The molecular weight excluding hydrogens is 433 g/mol. The quantitative estimate of drug-likeness (QED) is 0.159. The Kier molecular flexibility index (Phi) is 7.78. The summed E-state index contributed by atoms with van der Waals surface area (Å²) >= 11 is 0. The van der Waals surface area contributed by atoms with Gasteiger partial charge in [0.15, 0.2) is 23.2 Å². The molecule has 0 spiro atoms. The highest BCUT2D eigenvalue weighted by Gasteiger charge is 2.46. The van der Waals surface area contributed by atoms with Gasteiger partial charge in [-0.3, -0.25) is 9.09 Å². The standard InChI is InChI=1S/C16H28N7O7P/c17-5-3-1-2-4-6-19-16-22-10-13(18)20-8-21-14(10)23(16)15-12(25)11(24)9(30-15)7-29-31(26,27)28/h8-9,11-12,15,24-25H,1-7,17H2,(H,19,22)(H2,18,20,21)(H2,26,27,28)/t9-,11-,12+,15-/m1/s1. The lowest BCUT2D eigenvalue weighted by molar-refractivity contribution is -0.0494. The summed E-state index contributed by atoms with van der Waals surface area (Å²) in [5.41, 5.74) is 12.0. The smallest absolute Gasteiger partial charge is 0.387 e. The van der Waals surface area contributed by atoms with Crippen molar-refractivity contribution in [1.82, 2.24) is 19.5 Å². The second kappa shape index (κ2) is 10.1. The number of hydrogen-bond acceptors (Lipinski definition) is 11. The number of anilines is 2. The summed E-state index contributed by atoms with van der Waals surface area (Å²) in [5.74, 6) is 0.429. The van der Waals surface area contributed by atoms with E-state index in [1.165, 1.54) is 10.9 Å². The maximum absolute atomic E-state index is 11.0. The zero-order valence-electron chi connectivity index (χ0n) is 16.7. The molecule has 15 heteroatoms. The number of nitrogens with one attached hydrogen (secondary N) is 1. The molecule has 9 N–H and O–H groups in total. The number of aliphatic hydroxyl groups excluding tert-OH is 2. The van der Waals surface area contributed by atoms with Crippen LogP contribution in [0.5, 0.6) is 0 Å². The van der Waals surface area contributed by atoms with Crippen LogP contribution in [0.15, 0.2) is 6.33 Å². The van der Waals surface area contributed by atoms with Crippen molar-refractivity contribution in [2.75, 3.05) is 30.7 Å². The number of nitrogen functional groups attached to an aromatic ring is 1. The summed E-state index contributed by atoms with van der Waals surface area (Å²) < 4.78 is 22.5. The molecule has 3 heterocycles. The van der Waals surface area contributed by atoms with Gasteiger partial charge < -0.3 is 41.5 Å². The van der Waals surface area contributed by atoms with Crippen LogP contribution < -0.4 is 16.8 Å². The average molecular weight is 461 g/mol. The maximum atomic E-state index is 11.0. The minimum atomic E-state index is -4.78. The molecule has 1 fully saturated rings. The molecule has 1 aliphatic heterocycles. The maximum Gasteiger partial charge on any atom is 0.469 e. The number of phosphoric acid groups is 1. The molecule has 0 amide bonds. The van der Waals surface area contributed by atoms with Crippen LogP contribution in [0.3, 0.4) is 0 Å². The summed E-state index contributed by atoms with van der Waals surface area (Å²) in [4.78, 5) is 30.3. The van der Waals surface area contributed by atoms with Crippen molar-refractivity contribution in [3.05, 3.63) is 6.33 Å². The van der Waals surface area contributed by atoms with Gasteiger partial charge in [-0.05, 0) is 19.4 Å². The molecule has 0 aliphatic carbocycles. The van der Waals surface area contributed by atoms with Gasteiger partial charge in [-0.25, -0.2) is 19.5 Å². The number of unbranched alkanes of at least 4 members (excludes halogenated alkanes) is 3. The van der Waals surface area contributed by atoms with E-state index in [0.29, 0.717) is 19.0 Å². The molecule has 0 radical (unpaired) electrons. The fourth-order valence-electron chi connectivity index (χ4n) is 3.37. The molecule has 0 aromatic carbocycles. The number of imidazole rings is 1. The topological polar surface area (TPSA) is 224 Å². The van der Waals surface area contributed by atoms with Crippen molar-refractivity contribution in [2.24, 2.45) is 5.73 Å². The third-order valence-corrected chi connectivity index (χ3v) is 5.40. The van der Waals surface area contributed by atoms with Gasteiger partial charge in [0.2, 0.25) is 5.95 Å². The number of fused-ring (bicyclic) bond motifs is 1. The minimum Gasteiger partial charge on any atom is -0.387 e. The molecule has 4 atom stereocenters. The number of hydrogen-bond donors (Lipinski definition) is 7. The number of aromatic nitrogens is 4. The van der Waals surface area contributed by atoms with E-state index < -0.39 is 39.0 Å². The van der Waals surface area contributed by atoms with E-state index in [2.05, 4.69) is 24.8 Å². The van der Waals surface area contributed by atoms with Crippen LogP contribution in [0.2, 0.25) is 0 Å². The number of nitrogens with zero attached hydrogens (tertiary/aromatic N) is 4. The Morgan fingerprint density at radius 2 is 1.94 bits per heavy atom. The summed E-state index contributed by atoms with van der Waals surface area (Å²) in [6.45, 7) is 0.595. The van der Waals surface area contributed by atoms with Gasteiger partial charge in [0.25, 0.3) is 0 Å². The van der Waals surface area contributed by atoms with Crippen LogP contribution >= 0.6 is 7.82 Å². The largest absolute Gasteiger partial charge is 0.469 e. The molecule has 2 aromatic rings. The first-order valence-corrected chi connectivity index (χ1v) is 11.4. The van der Waals surface area contributed by atoms with E-state index in [0.717, 1.165) is 25.7 Å². The normalized spacial score (nSPS) is 24.2. The molecule has 31 heavy (non-hydrogen) atoms. The summed E-state index contributed by atoms with van der Waals surface area (Å²) in [6.07, 6.45) is -0.240. The van der Waals surface area contributed by atoms with E-state index in [1.807, 2.05) is 0 Å². The molecule has 174 valence electrons. The number of nitrogens with two attached hydrogens (primary N) is 2. The lowest BCUT2D eigenvalue weighted by Gasteiger charge is -2.19. The lowest BCUT2D eigenvalue weighted by Crippen LogP contribution is -2.33. The molecule has 3 rings (SSSR count). The van der Waals surface area contributed by atoms with E-state index >= 15 is 0 Å². The molecule has 14 nitrogen and oxygen atoms in total. The Hall–Kier alpha value is -1.90. The Balaban J connectivity index is 1.82. The van der Waals surface area contributed by atoms with Crippen molar-refractivity contribution in [3.63, 3.8) is 0 Å². The van der Waals surface area contributed by atoms with Crippen LogP contribution in [0, 0.1) is 0 Å². The molecule has 1 saturated heterocycles. The van der Waals surface area contributed by atoms with Crippen LogP contribution in [0.1, 0.15) is 31.9 Å². The lowest BCUT2D eigenvalue weighted by atomic mass is 10.1. The van der Waals surface area contributed by atoms with Gasteiger partial charge in [0.05, 0.1) is 6.61 Å². The number of phosphoric ester groups is 1. The SMILES string of the molecule is NCCCCCCNc1nc2c(N)ncnc2n1[C@@H]1O[C@H](COP(=O)(O)O)[C@@H](O)[C@@H]1O. The van der Waals surface area contributed by atoms with Crippen LogP contribution in [-0.4, -0.2) is 77.5 Å². The highest BCUT2D eigenvalue weighted by Crippen LogP contribution is 2.39. The second-order valence-corrected chi connectivity index (χ2v) is 8.44. The van der Waals surface area contributed by atoms with E-state index in [-0.39, 0.29) is 17.0 Å². The van der Waals surface area contributed by atoms with Gasteiger partial charge in [0.1, 0.15) is 24.6 Å². The molecular formula is C16H28N7O7P. The molecule has 2 aromatic heterocycles. The summed E-state index contributed by atoms with van der Waals surface area (Å²) in [5, 5.41) is 24.0. The Bertz CT molecular complexity index is 923. The first-order chi connectivity index (χ1) is 14.7. The second-order valence-electron chi connectivity index (χ2n) is 7.20. The van der Waals surface area contributed by atoms with E-state index in [1.54, 1.807) is 0 Å². The van der Waals surface area contributed by atoms with E-state index in [9.17, 15) is 14.8 Å². The highest BCUT2D eigenvalue weighted by atomic mass is 31.2. The van der Waals surface area contributed by atoms with E-state index in [4.69, 9.17) is 26.0 Å². The zero-order valence-corrected chi connectivity index (χ0v) is 17.6. The predicted octanol–water partition coefficient (Wildman–Crippen LogP) is -0.932.